The van der Waals surface area contributed by atoms with Crippen molar-refractivity contribution in [3.8, 4) is 11.4 Å². The zero-order valence-corrected chi connectivity index (χ0v) is 17.3. The lowest BCUT2D eigenvalue weighted by Gasteiger charge is -2.19. The molecule has 1 heterocycles. The van der Waals surface area contributed by atoms with Gasteiger partial charge in [0.05, 0.1) is 5.25 Å². The summed E-state index contributed by atoms with van der Waals surface area (Å²) in [7, 11) is 0. The van der Waals surface area contributed by atoms with Gasteiger partial charge in [-0.25, -0.2) is 0 Å². The van der Waals surface area contributed by atoms with Crippen LogP contribution in [0.4, 0.5) is 0 Å². The summed E-state index contributed by atoms with van der Waals surface area (Å²) in [5, 5.41) is 12.3. The highest BCUT2D eigenvalue weighted by molar-refractivity contribution is 8.00. The summed E-state index contributed by atoms with van der Waals surface area (Å²) in [6.45, 7) is 13.0. The molecule has 1 fully saturated rings. The van der Waals surface area contributed by atoms with Crippen LogP contribution in [0.5, 0.6) is 0 Å². The molecule has 1 saturated carbocycles. The van der Waals surface area contributed by atoms with Gasteiger partial charge in [-0.1, -0.05) is 62.9 Å². The minimum absolute atomic E-state index is 0.0618. The monoisotopic (exact) mass is 384 g/mol. The summed E-state index contributed by atoms with van der Waals surface area (Å²) in [5.41, 5.74) is 2.40. The van der Waals surface area contributed by atoms with Crippen LogP contribution in [0.25, 0.3) is 11.4 Å². The number of rotatable bonds is 7. The van der Waals surface area contributed by atoms with E-state index in [1.165, 1.54) is 17.3 Å². The molecule has 27 heavy (non-hydrogen) atoms. The number of amides is 1. The number of carbonyl (C=O) groups excluding carboxylic acids is 1. The Balaban J connectivity index is 1.82. The van der Waals surface area contributed by atoms with E-state index in [1.54, 1.807) is 0 Å². The van der Waals surface area contributed by atoms with Crippen LogP contribution in [0.2, 0.25) is 0 Å². The van der Waals surface area contributed by atoms with Gasteiger partial charge in [0.25, 0.3) is 0 Å². The first kappa shape index (κ1) is 19.7. The SMILES string of the molecule is C=CCn1c(S[C@H](C)C(=O)NC2CC2)nnc1-c1ccc(C(C)(C)C)cc1. The summed E-state index contributed by atoms with van der Waals surface area (Å²) in [6.07, 6.45) is 4.00. The zero-order valence-electron chi connectivity index (χ0n) is 16.5. The summed E-state index contributed by atoms with van der Waals surface area (Å²) in [4.78, 5) is 12.3. The molecule has 1 aromatic carbocycles. The van der Waals surface area contributed by atoms with E-state index >= 15 is 0 Å². The van der Waals surface area contributed by atoms with Crippen molar-refractivity contribution in [2.24, 2.45) is 0 Å². The van der Waals surface area contributed by atoms with Crippen LogP contribution in [0, 0.1) is 0 Å². The molecule has 6 heteroatoms. The van der Waals surface area contributed by atoms with Gasteiger partial charge in [-0.3, -0.25) is 9.36 Å². The highest BCUT2D eigenvalue weighted by atomic mass is 32.2. The van der Waals surface area contributed by atoms with Gasteiger partial charge < -0.3 is 5.32 Å². The zero-order chi connectivity index (χ0) is 19.6. The van der Waals surface area contributed by atoms with Gasteiger partial charge in [0.1, 0.15) is 0 Å². The van der Waals surface area contributed by atoms with E-state index in [4.69, 9.17) is 0 Å². The van der Waals surface area contributed by atoms with Crippen LogP contribution in [0.3, 0.4) is 0 Å². The molecule has 0 unspecified atom stereocenters. The van der Waals surface area contributed by atoms with E-state index in [0.29, 0.717) is 12.6 Å². The molecule has 0 bridgehead atoms. The van der Waals surface area contributed by atoms with Crippen LogP contribution in [0.1, 0.15) is 46.1 Å². The maximum absolute atomic E-state index is 12.3. The number of carbonyl (C=O) groups is 1. The van der Waals surface area contributed by atoms with Crippen molar-refractivity contribution < 1.29 is 4.79 Å². The number of benzene rings is 1. The highest BCUT2D eigenvalue weighted by Gasteiger charge is 2.27. The van der Waals surface area contributed by atoms with E-state index < -0.39 is 0 Å². The molecule has 1 atom stereocenters. The average Bonchev–Trinajstić information content (AvgIpc) is 3.35. The van der Waals surface area contributed by atoms with Crippen molar-refractivity contribution in [2.45, 2.75) is 68.9 Å². The van der Waals surface area contributed by atoms with Crippen LogP contribution >= 0.6 is 11.8 Å². The van der Waals surface area contributed by atoms with Crippen molar-refractivity contribution in [2.75, 3.05) is 0 Å². The quantitative estimate of drug-likeness (QED) is 0.574. The Bertz CT molecular complexity index is 816. The Kier molecular flexibility index (Phi) is 5.75. The predicted molar refractivity (Wildman–Crippen MR) is 111 cm³/mol. The average molecular weight is 385 g/mol. The summed E-state index contributed by atoms with van der Waals surface area (Å²) in [6, 6.07) is 8.81. The Morgan fingerprint density at radius 2 is 2.00 bits per heavy atom. The summed E-state index contributed by atoms with van der Waals surface area (Å²) in [5.74, 6) is 0.861. The normalized spacial score (nSPS) is 15.4. The number of nitrogens with one attached hydrogen (secondary N) is 1. The third-order valence-corrected chi connectivity index (χ3v) is 5.69. The van der Waals surface area contributed by atoms with E-state index in [-0.39, 0.29) is 16.6 Å². The van der Waals surface area contributed by atoms with Crippen molar-refractivity contribution >= 4 is 17.7 Å². The molecular weight excluding hydrogens is 356 g/mol. The molecule has 1 aliphatic carbocycles. The van der Waals surface area contributed by atoms with Crippen LogP contribution < -0.4 is 5.32 Å². The first-order valence-electron chi connectivity index (χ1n) is 9.41. The van der Waals surface area contributed by atoms with E-state index in [1.807, 2.05) is 17.6 Å². The van der Waals surface area contributed by atoms with Crippen molar-refractivity contribution in [1.82, 2.24) is 20.1 Å². The minimum Gasteiger partial charge on any atom is -0.352 e. The first-order valence-corrected chi connectivity index (χ1v) is 10.3. The molecule has 0 spiro atoms. The molecule has 0 saturated heterocycles. The Morgan fingerprint density at radius 1 is 1.33 bits per heavy atom. The van der Waals surface area contributed by atoms with Gasteiger partial charge in [-0.05, 0) is 30.7 Å². The first-order chi connectivity index (χ1) is 12.8. The topological polar surface area (TPSA) is 59.8 Å². The molecule has 1 amide bonds. The number of aromatic nitrogens is 3. The molecule has 1 aliphatic rings. The molecular formula is C21H28N4OS. The summed E-state index contributed by atoms with van der Waals surface area (Å²) < 4.78 is 2.02. The number of hydrogen-bond acceptors (Lipinski definition) is 4. The molecule has 3 rings (SSSR count). The van der Waals surface area contributed by atoms with Gasteiger partial charge in [-0.2, -0.15) is 0 Å². The molecule has 2 aromatic rings. The lowest BCUT2D eigenvalue weighted by atomic mass is 9.87. The van der Waals surface area contributed by atoms with Gasteiger partial charge in [0.2, 0.25) is 5.91 Å². The molecule has 5 nitrogen and oxygen atoms in total. The largest absolute Gasteiger partial charge is 0.352 e. The van der Waals surface area contributed by atoms with Gasteiger partial charge in [-0.15, -0.1) is 16.8 Å². The van der Waals surface area contributed by atoms with Crippen LogP contribution in [-0.2, 0) is 16.8 Å². The number of allylic oxidation sites excluding steroid dienone is 1. The third kappa shape index (κ3) is 4.80. The second-order valence-electron chi connectivity index (χ2n) is 8.08. The van der Waals surface area contributed by atoms with E-state index in [9.17, 15) is 4.79 Å². The summed E-state index contributed by atoms with van der Waals surface area (Å²) >= 11 is 1.44. The van der Waals surface area contributed by atoms with Crippen molar-refractivity contribution in [3.63, 3.8) is 0 Å². The minimum atomic E-state index is -0.213. The van der Waals surface area contributed by atoms with Crippen molar-refractivity contribution in [1.29, 1.82) is 0 Å². The fourth-order valence-electron chi connectivity index (χ4n) is 2.76. The lowest BCUT2D eigenvalue weighted by molar-refractivity contribution is -0.120. The Hall–Kier alpha value is -2.08. The van der Waals surface area contributed by atoms with E-state index in [0.717, 1.165) is 29.4 Å². The third-order valence-electron chi connectivity index (χ3n) is 4.61. The maximum atomic E-state index is 12.3. The number of thioether (sulfide) groups is 1. The number of nitrogens with zero attached hydrogens (tertiary/aromatic N) is 3. The second kappa shape index (κ2) is 7.89. The maximum Gasteiger partial charge on any atom is 0.233 e. The smallest absolute Gasteiger partial charge is 0.233 e. The molecule has 1 aromatic heterocycles. The molecule has 0 radical (unpaired) electrons. The predicted octanol–water partition coefficient (Wildman–Crippen LogP) is 4.19. The lowest BCUT2D eigenvalue weighted by Crippen LogP contribution is -2.32. The van der Waals surface area contributed by atoms with Crippen LogP contribution in [0.15, 0.2) is 42.1 Å². The van der Waals surface area contributed by atoms with Gasteiger partial charge in [0, 0.05) is 18.2 Å². The second-order valence-corrected chi connectivity index (χ2v) is 9.38. The number of hydrogen-bond donors (Lipinski definition) is 1. The fraction of sp³-hybridized carbons (Fsp3) is 0.476. The Labute approximate surface area is 165 Å². The fourth-order valence-corrected chi connectivity index (χ4v) is 3.63. The molecule has 1 N–H and O–H groups in total. The van der Waals surface area contributed by atoms with E-state index in [2.05, 4.69) is 67.1 Å². The molecule has 0 aliphatic heterocycles. The standard InChI is InChI=1S/C21H28N4OS/c1-6-13-25-18(15-7-9-16(10-8-15)21(3,4)5)23-24-20(25)27-14(2)19(26)22-17-11-12-17/h6-10,14,17H,1,11-13H2,2-5H3,(H,22,26)/t14-/m1/s1. The Morgan fingerprint density at radius 3 is 2.56 bits per heavy atom. The van der Waals surface area contributed by atoms with Gasteiger partial charge >= 0.3 is 0 Å². The van der Waals surface area contributed by atoms with Crippen molar-refractivity contribution in [3.05, 3.63) is 42.5 Å². The van der Waals surface area contributed by atoms with Crippen LogP contribution in [-0.4, -0.2) is 32.0 Å². The van der Waals surface area contributed by atoms with Gasteiger partial charge in [0.15, 0.2) is 11.0 Å². The highest BCUT2D eigenvalue weighted by Crippen LogP contribution is 2.29. The molecule has 144 valence electrons.